The third-order valence-corrected chi connectivity index (χ3v) is 12.5. The van der Waals surface area contributed by atoms with Crippen LogP contribution < -0.4 is 0 Å². The molecule has 3 heterocycles. The number of hydrogen-bond acceptors (Lipinski definition) is 14. The smallest absolute Gasteiger partial charge is 0.311 e. The maximum Gasteiger partial charge on any atom is 0.311 e. The molecule has 0 bridgehead atoms. The Bertz CT molecular complexity index is 1370. The molecule has 328 valence electrons. The van der Waals surface area contributed by atoms with Gasteiger partial charge in [0.1, 0.15) is 18.3 Å². The zero-order chi connectivity index (χ0) is 42.4. The second-order valence-electron chi connectivity index (χ2n) is 18.1. The van der Waals surface area contributed by atoms with Gasteiger partial charge in [-0.3, -0.25) is 4.79 Å². The summed E-state index contributed by atoms with van der Waals surface area (Å²) in [7, 11) is 7.22. The maximum absolute atomic E-state index is 14.4. The largest absolute Gasteiger partial charge is 0.458 e. The van der Waals surface area contributed by atoms with E-state index in [2.05, 4.69) is 0 Å². The molecule has 0 aromatic heterocycles. The van der Waals surface area contributed by atoms with Crippen molar-refractivity contribution in [2.75, 3.05) is 47.9 Å². The predicted molar refractivity (Wildman–Crippen MR) is 214 cm³/mol. The first-order valence-electron chi connectivity index (χ1n) is 20.8. The molecule has 3 aliphatic heterocycles. The number of aliphatic hydroxyl groups excluding tert-OH is 3. The van der Waals surface area contributed by atoms with E-state index in [9.17, 15) is 25.2 Å². The number of esters is 1. The van der Waals surface area contributed by atoms with Crippen LogP contribution in [0, 0.1) is 23.7 Å². The van der Waals surface area contributed by atoms with Crippen molar-refractivity contribution in [3.8, 4) is 0 Å². The third kappa shape index (κ3) is 12.4. The van der Waals surface area contributed by atoms with E-state index >= 15 is 0 Å². The molecule has 3 aliphatic rings. The molecule has 4 N–H and O–H groups in total. The lowest BCUT2D eigenvalue weighted by Gasteiger charge is -2.49. The number of carbonyl (C=O) groups is 1. The van der Waals surface area contributed by atoms with Crippen molar-refractivity contribution in [1.29, 1.82) is 0 Å². The van der Waals surface area contributed by atoms with Crippen LogP contribution in [0.2, 0.25) is 0 Å². The van der Waals surface area contributed by atoms with Gasteiger partial charge in [-0.05, 0) is 86.0 Å². The zero-order valence-electron chi connectivity index (χ0n) is 36.4. The molecule has 0 aliphatic carbocycles. The highest BCUT2D eigenvalue weighted by Gasteiger charge is 2.51. The molecule has 14 nitrogen and oxygen atoms in total. The summed E-state index contributed by atoms with van der Waals surface area (Å²) < 4.78 is 44.2. The SMILES string of the molecule is CO[C@]1(C)C[C@H](O[C@H]2[C@H](C)[C@@H](O[C@@H]3O[C@H](C)C[C@H](N(C)C)[C@H]3O)[C@@](C)(O)C[C@@H](C)[C@H](O)[C@H](C)CN(C)C[C@@H](COCc3ccccc3)OC(=O)[C@@H]2C)O[C@@H](C)[C@@H]1O. The van der Waals surface area contributed by atoms with E-state index in [0.29, 0.717) is 26.1 Å². The predicted octanol–water partition coefficient (Wildman–Crippen LogP) is 3.20. The Balaban J connectivity index is 1.76. The fourth-order valence-electron chi connectivity index (χ4n) is 9.16. The minimum absolute atomic E-state index is 0.124. The van der Waals surface area contributed by atoms with Gasteiger partial charge in [0, 0.05) is 38.6 Å². The van der Waals surface area contributed by atoms with E-state index in [1.165, 1.54) is 7.11 Å². The van der Waals surface area contributed by atoms with Gasteiger partial charge in [-0.15, -0.1) is 0 Å². The van der Waals surface area contributed by atoms with Gasteiger partial charge in [0.2, 0.25) is 0 Å². The topological polar surface area (TPSA) is 169 Å². The molecule has 57 heavy (non-hydrogen) atoms. The summed E-state index contributed by atoms with van der Waals surface area (Å²) in [6, 6.07) is 9.48. The number of benzene rings is 1. The fourth-order valence-corrected chi connectivity index (χ4v) is 9.16. The lowest BCUT2D eigenvalue weighted by atomic mass is 9.76. The lowest BCUT2D eigenvalue weighted by Crippen LogP contribution is -2.60. The van der Waals surface area contributed by atoms with E-state index in [1.807, 2.05) is 89.0 Å². The fraction of sp³-hybridized carbons (Fsp3) is 0.837. The molecule has 0 spiro atoms. The number of likely N-dealkylation sites (N-methyl/N-ethyl adjacent to an activating group) is 2. The van der Waals surface area contributed by atoms with Crippen LogP contribution in [0.4, 0.5) is 0 Å². The Kier molecular flexibility index (Phi) is 17.3. The van der Waals surface area contributed by atoms with Gasteiger partial charge >= 0.3 is 5.97 Å². The number of rotatable bonds is 10. The molecule has 1 aromatic carbocycles. The van der Waals surface area contributed by atoms with Gasteiger partial charge in [0.15, 0.2) is 12.6 Å². The summed E-state index contributed by atoms with van der Waals surface area (Å²) in [6.45, 7) is 15.8. The third-order valence-electron chi connectivity index (χ3n) is 12.5. The number of nitrogens with zero attached hydrogens (tertiary/aromatic N) is 2. The van der Waals surface area contributed by atoms with Crippen molar-refractivity contribution in [3.05, 3.63) is 35.9 Å². The average molecular weight is 811 g/mol. The number of carbonyl (C=O) groups excluding carboxylic acids is 1. The Hall–Kier alpha value is -1.79. The second-order valence-corrected chi connectivity index (χ2v) is 18.1. The van der Waals surface area contributed by atoms with E-state index in [4.69, 9.17) is 33.2 Å². The Labute approximate surface area is 341 Å². The molecule has 0 amide bonds. The van der Waals surface area contributed by atoms with Crippen LogP contribution in [0.5, 0.6) is 0 Å². The number of methoxy groups -OCH3 is 1. The van der Waals surface area contributed by atoms with E-state index < -0.39 is 84.3 Å². The second kappa shape index (κ2) is 20.7. The standard InChI is InChI=1S/C43H74N2O12/c1-25-19-42(7,50)39(57-41-36(47)33(44(9)10)18-27(3)53-41)28(4)37(56-34-20-43(8,51-12)38(48)30(6)54-34)29(5)40(49)55-32(22-45(11)21-26(2)35(25)46)24-52-23-31-16-14-13-15-17-31/h13-17,25-30,32-39,41,46-48,50H,18-24H2,1-12H3/t25-,26-,27-,28+,29-,30+,32+,33+,34+,35+,36-,37+,38+,39-,41+,42+,43-/m1/s1. The van der Waals surface area contributed by atoms with Crippen LogP contribution in [-0.4, -0.2) is 163 Å². The summed E-state index contributed by atoms with van der Waals surface area (Å²) in [5.41, 5.74) is -1.65. The molecule has 0 unspecified atom stereocenters. The number of hydrogen-bond donors (Lipinski definition) is 4. The molecule has 0 radical (unpaired) electrons. The van der Waals surface area contributed by atoms with Crippen molar-refractivity contribution in [1.82, 2.24) is 9.80 Å². The zero-order valence-corrected chi connectivity index (χ0v) is 36.4. The molecule has 17 atom stereocenters. The number of cyclic esters (lactones) is 1. The Morgan fingerprint density at radius 2 is 1.58 bits per heavy atom. The number of aliphatic hydroxyl groups is 4. The van der Waals surface area contributed by atoms with E-state index in [0.717, 1.165) is 5.56 Å². The summed E-state index contributed by atoms with van der Waals surface area (Å²) in [5.74, 6) is -2.82. The van der Waals surface area contributed by atoms with Gasteiger partial charge in [0.05, 0.1) is 60.9 Å². The van der Waals surface area contributed by atoms with Gasteiger partial charge in [-0.1, -0.05) is 51.1 Å². The summed E-state index contributed by atoms with van der Waals surface area (Å²) in [6.07, 6.45) is -7.65. The molecular weight excluding hydrogens is 736 g/mol. The first-order valence-corrected chi connectivity index (χ1v) is 20.8. The minimum Gasteiger partial charge on any atom is -0.458 e. The molecule has 3 fully saturated rings. The van der Waals surface area contributed by atoms with Gasteiger partial charge in [0.25, 0.3) is 0 Å². The number of ether oxygens (including phenoxy) is 7. The highest BCUT2D eigenvalue weighted by Crippen LogP contribution is 2.40. The van der Waals surface area contributed by atoms with Crippen molar-refractivity contribution in [2.24, 2.45) is 23.7 Å². The van der Waals surface area contributed by atoms with Crippen molar-refractivity contribution in [2.45, 2.75) is 160 Å². The van der Waals surface area contributed by atoms with Crippen LogP contribution in [0.3, 0.4) is 0 Å². The Morgan fingerprint density at radius 1 is 0.912 bits per heavy atom. The van der Waals surface area contributed by atoms with E-state index in [-0.39, 0.29) is 43.4 Å². The lowest BCUT2D eigenvalue weighted by molar-refractivity contribution is -0.318. The quantitative estimate of drug-likeness (QED) is 0.254. The first-order chi connectivity index (χ1) is 26.7. The van der Waals surface area contributed by atoms with Crippen LogP contribution in [0.1, 0.15) is 80.2 Å². The summed E-state index contributed by atoms with van der Waals surface area (Å²) in [4.78, 5) is 18.4. The van der Waals surface area contributed by atoms with Crippen molar-refractivity contribution < 1.29 is 58.4 Å². The highest BCUT2D eigenvalue weighted by atomic mass is 16.7. The average Bonchev–Trinajstić information content (AvgIpc) is 3.14. The summed E-state index contributed by atoms with van der Waals surface area (Å²) >= 11 is 0. The summed E-state index contributed by atoms with van der Waals surface area (Å²) in [5, 5.41) is 46.9. The molecular formula is C43H74N2O12. The minimum atomic E-state index is -1.63. The van der Waals surface area contributed by atoms with Gasteiger partial charge in [-0.25, -0.2) is 0 Å². The monoisotopic (exact) mass is 811 g/mol. The normalized spacial score (nSPS) is 43.6. The first kappa shape index (κ1) is 47.9. The van der Waals surface area contributed by atoms with Crippen LogP contribution in [-0.2, 0) is 44.6 Å². The molecule has 1 aromatic rings. The molecule has 3 saturated heterocycles. The van der Waals surface area contributed by atoms with Crippen molar-refractivity contribution >= 4 is 5.97 Å². The molecule has 4 rings (SSSR count). The van der Waals surface area contributed by atoms with Crippen LogP contribution in [0.25, 0.3) is 0 Å². The van der Waals surface area contributed by atoms with Crippen molar-refractivity contribution in [3.63, 3.8) is 0 Å². The van der Waals surface area contributed by atoms with Crippen LogP contribution >= 0.6 is 0 Å². The molecule has 14 heteroatoms. The van der Waals surface area contributed by atoms with Crippen LogP contribution in [0.15, 0.2) is 30.3 Å². The molecule has 0 saturated carbocycles. The Morgan fingerprint density at radius 3 is 2.21 bits per heavy atom. The highest BCUT2D eigenvalue weighted by molar-refractivity contribution is 5.73. The van der Waals surface area contributed by atoms with Gasteiger partial charge < -0.3 is 63.4 Å². The maximum atomic E-state index is 14.4. The van der Waals surface area contributed by atoms with Gasteiger partial charge in [-0.2, -0.15) is 0 Å². The van der Waals surface area contributed by atoms with E-state index in [1.54, 1.807) is 27.7 Å².